The van der Waals surface area contributed by atoms with Crippen molar-refractivity contribution in [1.82, 2.24) is 4.57 Å². The summed E-state index contributed by atoms with van der Waals surface area (Å²) >= 11 is 0. The number of fused-ring (bicyclic) bond motifs is 8. The number of rotatable bonds is 9. The van der Waals surface area contributed by atoms with Gasteiger partial charge in [0.05, 0.1) is 28.1 Å². The molecule has 0 amide bonds. The van der Waals surface area contributed by atoms with Gasteiger partial charge >= 0.3 is 0 Å². The van der Waals surface area contributed by atoms with Crippen LogP contribution in [-0.4, -0.2) is 11.3 Å². The van der Waals surface area contributed by atoms with Gasteiger partial charge in [-0.1, -0.05) is 332 Å². The molecule has 4 heteroatoms. The average molecular weight is 1270 g/mol. The van der Waals surface area contributed by atoms with Crippen LogP contribution >= 0.6 is 0 Å². The van der Waals surface area contributed by atoms with Gasteiger partial charge in [-0.05, 0) is 147 Å². The molecule has 98 heavy (non-hydrogen) atoms. The van der Waals surface area contributed by atoms with Crippen LogP contribution in [0.3, 0.4) is 0 Å². The Bertz CT molecular complexity index is 5230. The maximum absolute atomic E-state index is 2.75. The van der Waals surface area contributed by atoms with Gasteiger partial charge in [-0.25, -0.2) is 0 Å². The van der Waals surface area contributed by atoms with Crippen LogP contribution in [0.25, 0.3) is 94.3 Å². The maximum atomic E-state index is 2.75. The molecule has 0 bridgehead atoms. The molecule has 1 aromatic heterocycles. The Hall–Kier alpha value is -10.7. The van der Waals surface area contributed by atoms with E-state index in [-0.39, 0.29) is 28.4 Å². The fourth-order valence-electron chi connectivity index (χ4n) is 15.5. The van der Waals surface area contributed by atoms with Crippen LogP contribution in [0.4, 0.5) is 34.1 Å². The van der Waals surface area contributed by atoms with Crippen molar-refractivity contribution in [2.45, 2.75) is 105 Å². The first-order chi connectivity index (χ1) is 47.2. The molecule has 0 N–H and O–H groups in total. The van der Waals surface area contributed by atoms with Gasteiger partial charge in [0.1, 0.15) is 0 Å². The molecular weight excluding hydrogens is 1180 g/mol. The fourth-order valence-corrected chi connectivity index (χ4v) is 15.5. The van der Waals surface area contributed by atoms with E-state index in [2.05, 4.69) is 389 Å². The summed E-state index contributed by atoms with van der Waals surface area (Å²) in [5, 5.41) is 2.42. The van der Waals surface area contributed by atoms with Gasteiger partial charge in [0.2, 0.25) is 0 Å². The molecule has 16 rings (SSSR count). The lowest BCUT2D eigenvalue weighted by Crippen LogP contribution is -2.61. The van der Waals surface area contributed by atoms with Crippen molar-refractivity contribution in [2.24, 2.45) is 0 Å². The zero-order valence-electron chi connectivity index (χ0n) is 58.6. The smallest absolute Gasteiger partial charge is 0.252 e. The number of hydrogen-bond donors (Lipinski definition) is 0. The number of para-hydroxylation sites is 3. The van der Waals surface area contributed by atoms with Crippen LogP contribution in [0.15, 0.2) is 291 Å². The quantitative estimate of drug-likeness (QED) is 0.133. The van der Waals surface area contributed by atoms with Crippen LogP contribution in [0, 0.1) is 0 Å². The van der Waals surface area contributed by atoms with E-state index >= 15 is 0 Å². The third kappa shape index (κ3) is 10.7. The summed E-state index contributed by atoms with van der Waals surface area (Å²) in [6.45, 7) is 28.0. The van der Waals surface area contributed by atoms with Crippen LogP contribution in [-0.2, 0) is 21.7 Å². The van der Waals surface area contributed by atoms with E-state index in [1.54, 1.807) is 0 Å². The van der Waals surface area contributed by atoms with Gasteiger partial charge in [0.15, 0.2) is 0 Å². The Kier molecular flexibility index (Phi) is 14.9. The topological polar surface area (TPSA) is 11.4 Å². The SMILES string of the molecule is CC(C)(C)c1cc(-c2ccc3c(c2)N(c2c(-c4ccccc4)cccc2-c2ccccc2)c2cc(-c4ccccc4)cc4c2B3c2ccc3c(c2N4c2c(-c4ccccc4)cccc2-c2ccccc2)c2ccccc2n3-c2cc(C(C)(C)C)cc(C(C)(C)C)c2)cc(C(C)(C)C)c1. The van der Waals surface area contributed by atoms with E-state index in [9.17, 15) is 0 Å². The normalized spacial score (nSPS) is 13.0. The summed E-state index contributed by atoms with van der Waals surface area (Å²) in [5.74, 6) is 0. The second-order valence-corrected chi connectivity index (χ2v) is 31.4. The van der Waals surface area contributed by atoms with Crippen molar-refractivity contribution in [3.63, 3.8) is 0 Å². The molecule has 2 aliphatic rings. The lowest BCUT2D eigenvalue weighted by atomic mass is 9.33. The molecule has 0 spiro atoms. The zero-order valence-corrected chi connectivity index (χ0v) is 58.6. The Labute approximate surface area is 580 Å². The molecule has 0 saturated heterocycles. The van der Waals surface area contributed by atoms with Crippen molar-refractivity contribution in [1.29, 1.82) is 0 Å². The molecule has 0 fully saturated rings. The van der Waals surface area contributed by atoms with Gasteiger partial charge in [-0.15, -0.1) is 0 Å². The average Bonchev–Trinajstić information content (AvgIpc) is 1.12. The number of nitrogens with zero attached hydrogens (tertiary/aromatic N) is 3. The molecule has 0 atom stereocenters. The predicted molar refractivity (Wildman–Crippen MR) is 422 cm³/mol. The summed E-state index contributed by atoms with van der Waals surface area (Å²) in [6, 6.07) is 111. The number of hydrogen-bond acceptors (Lipinski definition) is 2. The monoisotopic (exact) mass is 1270 g/mol. The first-order valence-electron chi connectivity index (χ1n) is 35.0. The Morgan fingerprint density at radius 3 is 1.09 bits per heavy atom. The third-order valence-corrected chi connectivity index (χ3v) is 20.7. The fraction of sp³-hybridized carbons (Fsp3) is 0.170. The highest BCUT2D eigenvalue weighted by Crippen LogP contribution is 2.56. The van der Waals surface area contributed by atoms with Crippen LogP contribution in [0.1, 0.15) is 105 Å². The summed E-state index contributed by atoms with van der Waals surface area (Å²) in [4.78, 5) is 5.45. The minimum atomic E-state index is -0.237. The van der Waals surface area contributed by atoms with Crippen molar-refractivity contribution < 1.29 is 0 Å². The summed E-state index contributed by atoms with van der Waals surface area (Å²) in [6.07, 6.45) is 0. The Morgan fingerprint density at radius 2 is 0.633 bits per heavy atom. The minimum absolute atomic E-state index is 0.0887. The van der Waals surface area contributed by atoms with Crippen LogP contribution in [0.5, 0.6) is 0 Å². The molecule has 3 heterocycles. The zero-order chi connectivity index (χ0) is 67.6. The van der Waals surface area contributed by atoms with Gasteiger partial charge in [0.25, 0.3) is 6.71 Å². The lowest BCUT2D eigenvalue weighted by Gasteiger charge is -2.46. The van der Waals surface area contributed by atoms with Gasteiger partial charge in [0, 0.05) is 55.8 Å². The third-order valence-electron chi connectivity index (χ3n) is 20.7. The highest BCUT2D eigenvalue weighted by molar-refractivity contribution is 7.00. The summed E-state index contributed by atoms with van der Waals surface area (Å²) in [7, 11) is 0. The molecule has 0 saturated carbocycles. The summed E-state index contributed by atoms with van der Waals surface area (Å²) in [5.41, 5.74) is 32.9. The van der Waals surface area contributed by atoms with E-state index in [1.807, 2.05) is 0 Å². The van der Waals surface area contributed by atoms with E-state index in [4.69, 9.17) is 0 Å². The molecule has 0 aliphatic carbocycles. The molecule has 13 aromatic carbocycles. The second kappa shape index (κ2) is 23.6. The first-order valence-corrected chi connectivity index (χ1v) is 35.0. The van der Waals surface area contributed by atoms with E-state index in [0.29, 0.717) is 0 Å². The van der Waals surface area contributed by atoms with Crippen molar-refractivity contribution in [2.75, 3.05) is 9.80 Å². The Balaban J connectivity index is 1.12. The number of benzene rings is 13. The van der Waals surface area contributed by atoms with Crippen molar-refractivity contribution in [3.05, 3.63) is 313 Å². The van der Waals surface area contributed by atoms with Gasteiger partial charge < -0.3 is 14.4 Å². The first kappa shape index (κ1) is 62.2. The molecule has 478 valence electrons. The molecule has 14 aromatic rings. The van der Waals surface area contributed by atoms with Gasteiger partial charge in [-0.2, -0.15) is 0 Å². The highest BCUT2D eigenvalue weighted by Gasteiger charge is 2.47. The van der Waals surface area contributed by atoms with Crippen LogP contribution in [0.2, 0.25) is 0 Å². The minimum Gasteiger partial charge on any atom is -0.310 e. The van der Waals surface area contributed by atoms with Gasteiger partial charge in [-0.3, -0.25) is 0 Å². The molecule has 0 radical (unpaired) electrons. The standard InChI is InChI=1S/C94H84BN3/c1-91(2,3)69-52-67(53-70(57-69)92(4,5)6)66-48-49-79-83(54-66)97(88-74(62-34-20-14-21-35-62)43-30-44-75(88)63-36-22-15-23-37-63)84-55-68(61-32-18-13-19-33-61)56-85-87(84)95(79)80-50-51-82-86(78-42-28-29-47-81(78)96(82)73-59-71(93(7,8)9)58-72(60-73)94(10,11)12)90(80)98(85)89-76(64-38-24-16-25-39-64)45-31-46-77(89)65-40-26-17-27-41-65/h13-60H,1-12H3. The number of anilines is 6. The predicted octanol–water partition coefficient (Wildman–Crippen LogP) is 24.1. The molecule has 2 aliphatic heterocycles. The number of aromatic nitrogens is 1. The van der Waals surface area contributed by atoms with Crippen LogP contribution < -0.4 is 26.2 Å². The van der Waals surface area contributed by atoms with Crippen molar-refractivity contribution in [3.8, 4) is 72.4 Å². The molecule has 0 unspecified atom stereocenters. The molecular formula is C94H84BN3. The Morgan fingerprint density at radius 1 is 0.255 bits per heavy atom. The largest absolute Gasteiger partial charge is 0.310 e. The van der Waals surface area contributed by atoms with E-state index in [1.165, 1.54) is 77.4 Å². The van der Waals surface area contributed by atoms with E-state index in [0.717, 1.165) is 89.6 Å². The van der Waals surface area contributed by atoms with Crippen molar-refractivity contribution >= 4 is 79.0 Å². The molecule has 3 nitrogen and oxygen atoms in total. The summed E-state index contributed by atoms with van der Waals surface area (Å²) < 4.78 is 2.59. The lowest BCUT2D eigenvalue weighted by molar-refractivity contribution is 0.567. The maximum Gasteiger partial charge on any atom is 0.252 e. The highest BCUT2D eigenvalue weighted by atomic mass is 15.2. The second-order valence-electron chi connectivity index (χ2n) is 31.4. The van der Waals surface area contributed by atoms with E-state index < -0.39 is 0 Å².